The standard InChI is InChI=1S/C28H29N7O/c1-17(2)13-34-15-29-23-25(34)19-9-5-7-11-21(19)31-27(23)33-36-28-24-26(35(16-30-24)14-18(3)4)20-10-6-8-12-22(20)32-28/h5-12,15-18H,13-14H2,1-4H3,(H,31,33). The van der Waals surface area contributed by atoms with Crippen LogP contribution in [-0.2, 0) is 13.1 Å². The van der Waals surface area contributed by atoms with Gasteiger partial charge in [-0.25, -0.2) is 19.9 Å². The summed E-state index contributed by atoms with van der Waals surface area (Å²) < 4.78 is 4.37. The molecule has 0 unspecified atom stereocenters. The van der Waals surface area contributed by atoms with Gasteiger partial charge in [-0.05, 0) is 24.0 Å². The average molecular weight is 480 g/mol. The van der Waals surface area contributed by atoms with Gasteiger partial charge >= 0.3 is 0 Å². The van der Waals surface area contributed by atoms with E-state index in [2.05, 4.69) is 59.4 Å². The molecule has 0 saturated heterocycles. The van der Waals surface area contributed by atoms with Crippen LogP contribution in [0.3, 0.4) is 0 Å². The molecule has 6 rings (SSSR count). The number of imidazole rings is 2. The molecular formula is C28H29N7O. The molecule has 4 heterocycles. The van der Waals surface area contributed by atoms with Gasteiger partial charge in [0.05, 0.1) is 34.7 Å². The number of nitrogens with zero attached hydrogens (tertiary/aromatic N) is 6. The second-order valence-electron chi connectivity index (χ2n) is 10.1. The van der Waals surface area contributed by atoms with Crippen molar-refractivity contribution in [3.63, 3.8) is 0 Å². The van der Waals surface area contributed by atoms with E-state index >= 15 is 0 Å². The predicted octanol–water partition coefficient (Wildman–Crippen LogP) is 6.20. The lowest BCUT2D eigenvalue weighted by Crippen LogP contribution is -2.10. The maximum Gasteiger partial charge on any atom is 0.274 e. The highest BCUT2D eigenvalue weighted by atomic mass is 16.7. The Bertz CT molecular complexity index is 1590. The largest absolute Gasteiger partial charge is 0.358 e. The Balaban J connectivity index is 1.46. The van der Waals surface area contributed by atoms with Crippen LogP contribution < -0.4 is 10.3 Å². The first kappa shape index (κ1) is 22.3. The Labute approximate surface area is 208 Å². The summed E-state index contributed by atoms with van der Waals surface area (Å²) in [7, 11) is 0. The highest BCUT2D eigenvalue weighted by Crippen LogP contribution is 2.32. The zero-order valence-electron chi connectivity index (χ0n) is 20.9. The van der Waals surface area contributed by atoms with E-state index in [-0.39, 0.29) is 0 Å². The molecule has 0 atom stereocenters. The molecule has 0 amide bonds. The van der Waals surface area contributed by atoms with Crippen molar-refractivity contribution in [2.45, 2.75) is 40.8 Å². The zero-order valence-corrected chi connectivity index (χ0v) is 20.9. The van der Waals surface area contributed by atoms with Crippen LogP contribution in [0.5, 0.6) is 5.88 Å². The van der Waals surface area contributed by atoms with Gasteiger partial charge in [0.25, 0.3) is 5.88 Å². The molecule has 0 radical (unpaired) electrons. The molecule has 6 aromatic rings. The van der Waals surface area contributed by atoms with E-state index in [0.717, 1.165) is 51.4 Å². The number of aromatic nitrogens is 6. The molecule has 8 nitrogen and oxygen atoms in total. The first-order valence-corrected chi connectivity index (χ1v) is 12.4. The second-order valence-corrected chi connectivity index (χ2v) is 10.1. The van der Waals surface area contributed by atoms with E-state index in [1.807, 2.05) is 49.1 Å². The molecule has 8 heteroatoms. The molecule has 0 aliphatic heterocycles. The summed E-state index contributed by atoms with van der Waals surface area (Å²) in [6.45, 7) is 10.5. The van der Waals surface area contributed by atoms with Crippen molar-refractivity contribution in [3.8, 4) is 5.88 Å². The number of anilines is 1. The number of nitrogens with one attached hydrogen (secondary N) is 1. The van der Waals surface area contributed by atoms with Crippen molar-refractivity contribution < 1.29 is 4.84 Å². The smallest absolute Gasteiger partial charge is 0.274 e. The van der Waals surface area contributed by atoms with Gasteiger partial charge in [0.15, 0.2) is 11.3 Å². The van der Waals surface area contributed by atoms with Crippen molar-refractivity contribution >= 4 is 49.7 Å². The first-order valence-electron chi connectivity index (χ1n) is 12.4. The lowest BCUT2D eigenvalue weighted by atomic mass is 10.1. The van der Waals surface area contributed by atoms with E-state index < -0.39 is 0 Å². The highest BCUT2D eigenvalue weighted by molar-refractivity contribution is 6.07. The minimum atomic E-state index is 0.413. The fourth-order valence-electron chi connectivity index (χ4n) is 4.84. The third-order valence-electron chi connectivity index (χ3n) is 6.24. The van der Waals surface area contributed by atoms with Gasteiger partial charge in [-0.15, -0.1) is 0 Å². The number of pyridine rings is 2. The summed E-state index contributed by atoms with van der Waals surface area (Å²) in [6, 6.07) is 16.2. The summed E-state index contributed by atoms with van der Waals surface area (Å²) in [4.78, 5) is 25.1. The number of benzene rings is 2. The number of hydrogen-bond donors (Lipinski definition) is 1. The second kappa shape index (κ2) is 8.78. The molecule has 0 aliphatic rings. The molecule has 4 aromatic heterocycles. The van der Waals surface area contributed by atoms with Crippen LogP contribution in [0.4, 0.5) is 5.82 Å². The molecule has 0 saturated carbocycles. The van der Waals surface area contributed by atoms with E-state index in [1.54, 1.807) is 0 Å². The van der Waals surface area contributed by atoms with Gasteiger partial charge in [-0.2, -0.15) is 5.48 Å². The van der Waals surface area contributed by atoms with Gasteiger partial charge in [0.1, 0.15) is 5.52 Å². The minimum absolute atomic E-state index is 0.413. The minimum Gasteiger partial charge on any atom is -0.358 e. The van der Waals surface area contributed by atoms with E-state index in [4.69, 9.17) is 19.8 Å². The topological polar surface area (TPSA) is 82.7 Å². The quantitative estimate of drug-likeness (QED) is 0.275. The molecule has 0 spiro atoms. The summed E-state index contributed by atoms with van der Waals surface area (Å²) in [6.07, 6.45) is 3.75. The maximum atomic E-state index is 6.13. The molecule has 1 N–H and O–H groups in total. The summed E-state index contributed by atoms with van der Waals surface area (Å²) >= 11 is 0. The number of para-hydroxylation sites is 2. The Kier molecular flexibility index (Phi) is 5.44. The van der Waals surface area contributed by atoms with E-state index in [9.17, 15) is 0 Å². The SMILES string of the molecule is CC(C)Cn1cnc2c(NOc3nc4ccccc4c4c3ncn4CC(C)C)nc3ccccc3c21. The Morgan fingerprint density at radius 2 is 1.25 bits per heavy atom. The van der Waals surface area contributed by atoms with Crippen molar-refractivity contribution in [2.75, 3.05) is 5.48 Å². The van der Waals surface area contributed by atoms with Crippen LogP contribution in [0.1, 0.15) is 27.7 Å². The number of hydrogen-bond acceptors (Lipinski definition) is 6. The monoisotopic (exact) mass is 479 g/mol. The third-order valence-corrected chi connectivity index (χ3v) is 6.24. The van der Waals surface area contributed by atoms with Gasteiger partial charge in [-0.1, -0.05) is 64.1 Å². The number of rotatable bonds is 7. The average Bonchev–Trinajstić information content (AvgIpc) is 3.47. The van der Waals surface area contributed by atoms with Crippen LogP contribution in [-0.4, -0.2) is 29.1 Å². The molecule has 182 valence electrons. The van der Waals surface area contributed by atoms with Crippen LogP contribution in [0, 0.1) is 11.8 Å². The Morgan fingerprint density at radius 3 is 1.86 bits per heavy atom. The lowest BCUT2D eigenvalue weighted by Gasteiger charge is -2.13. The highest BCUT2D eigenvalue weighted by Gasteiger charge is 2.19. The Morgan fingerprint density at radius 1 is 0.722 bits per heavy atom. The summed E-state index contributed by atoms with van der Waals surface area (Å²) in [5.41, 5.74) is 8.33. The summed E-state index contributed by atoms with van der Waals surface area (Å²) in [5.74, 6) is 1.93. The van der Waals surface area contributed by atoms with Crippen molar-refractivity contribution in [2.24, 2.45) is 11.8 Å². The van der Waals surface area contributed by atoms with Crippen LogP contribution in [0.15, 0.2) is 61.2 Å². The Hall–Kier alpha value is -4.20. The van der Waals surface area contributed by atoms with Crippen molar-refractivity contribution in [1.29, 1.82) is 0 Å². The molecule has 2 aromatic carbocycles. The van der Waals surface area contributed by atoms with E-state index in [1.165, 1.54) is 0 Å². The normalized spacial score (nSPS) is 12.1. The fourth-order valence-corrected chi connectivity index (χ4v) is 4.84. The van der Waals surface area contributed by atoms with E-state index in [0.29, 0.717) is 29.1 Å². The molecule has 36 heavy (non-hydrogen) atoms. The van der Waals surface area contributed by atoms with Crippen molar-refractivity contribution in [3.05, 3.63) is 61.2 Å². The van der Waals surface area contributed by atoms with Gasteiger partial charge < -0.3 is 14.0 Å². The van der Waals surface area contributed by atoms with Gasteiger partial charge in [0.2, 0.25) is 0 Å². The molecule has 0 aliphatic carbocycles. The van der Waals surface area contributed by atoms with Gasteiger partial charge in [0, 0.05) is 23.9 Å². The first-order chi connectivity index (χ1) is 17.5. The predicted molar refractivity (Wildman–Crippen MR) is 144 cm³/mol. The maximum absolute atomic E-state index is 6.13. The van der Waals surface area contributed by atoms with Crippen LogP contribution in [0.2, 0.25) is 0 Å². The van der Waals surface area contributed by atoms with Crippen LogP contribution >= 0.6 is 0 Å². The van der Waals surface area contributed by atoms with Crippen LogP contribution in [0.25, 0.3) is 43.9 Å². The third kappa shape index (κ3) is 3.79. The van der Waals surface area contributed by atoms with Gasteiger partial charge in [-0.3, -0.25) is 0 Å². The lowest BCUT2D eigenvalue weighted by molar-refractivity contribution is 0.393. The zero-order chi connectivity index (χ0) is 24.8. The number of fused-ring (bicyclic) bond motifs is 6. The molecular weight excluding hydrogens is 450 g/mol. The van der Waals surface area contributed by atoms with Crippen molar-refractivity contribution in [1.82, 2.24) is 29.1 Å². The molecule has 0 fully saturated rings. The summed E-state index contributed by atoms with van der Waals surface area (Å²) in [5, 5.41) is 2.12. The molecule has 0 bridgehead atoms. The fraction of sp³-hybridized carbons (Fsp3) is 0.286.